The predicted octanol–water partition coefficient (Wildman–Crippen LogP) is 2.94. The molecule has 0 aliphatic rings. The lowest BCUT2D eigenvalue weighted by Gasteiger charge is -2.13. The topological polar surface area (TPSA) is 87.6 Å². The number of nitrogens with one attached hydrogen (secondary N) is 1. The van der Waals surface area contributed by atoms with E-state index in [1.807, 2.05) is 54.2 Å². The lowest BCUT2D eigenvalue weighted by Crippen LogP contribution is -2.86. The molecule has 0 bridgehead atoms. The molecule has 3 aromatic rings. The molecule has 6 nitrogen and oxygen atoms in total. The molecule has 0 aliphatic carbocycles. The van der Waals surface area contributed by atoms with Crippen LogP contribution in [0.4, 0.5) is 5.82 Å². The first kappa shape index (κ1) is 19.0. The Hall–Kier alpha value is -2.82. The Bertz CT molecular complexity index is 949. The van der Waals surface area contributed by atoms with Crippen LogP contribution in [-0.2, 0) is 11.3 Å². The highest BCUT2D eigenvalue weighted by atomic mass is 32.1. The van der Waals surface area contributed by atoms with E-state index in [4.69, 9.17) is 4.42 Å². The van der Waals surface area contributed by atoms with E-state index in [1.54, 1.807) is 17.6 Å². The Balaban J connectivity index is 1.75. The molecule has 27 heavy (non-hydrogen) atoms. The van der Waals surface area contributed by atoms with E-state index in [-0.39, 0.29) is 18.5 Å². The SMILES string of the molecule is Cc1c(C#N)c(NC(=O)C[NH2+][C@H](C)c2ccco2)n(Cc2cccs2)c1C. The van der Waals surface area contributed by atoms with E-state index in [1.165, 1.54) is 4.88 Å². The number of carbonyl (C=O) groups is 1. The first-order chi connectivity index (χ1) is 13.0. The van der Waals surface area contributed by atoms with Gasteiger partial charge in [-0.2, -0.15) is 5.26 Å². The van der Waals surface area contributed by atoms with Crippen LogP contribution in [-0.4, -0.2) is 17.0 Å². The van der Waals surface area contributed by atoms with Crippen LogP contribution in [0.25, 0.3) is 0 Å². The second-order valence-corrected chi connectivity index (χ2v) is 7.54. The number of nitrogens with zero attached hydrogens (tertiary/aromatic N) is 2. The van der Waals surface area contributed by atoms with Crippen LogP contribution < -0.4 is 10.6 Å². The third-order valence-corrected chi connectivity index (χ3v) is 5.60. The standard InChI is InChI=1S/C20H22N4O2S/c1-13-15(3)24(12-16-6-5-9-27-16)20(17(13)10-21)23-19(25)11-22-14(2)18-7-4-8-26-18/h4-9,14,22H,11-12H2,1-3H3,(H,23,25)/p+1/t14-/m1/s1. The molecule has 0 spiro atoms. The fourth-order valence-corrected chi connectivity index (χ4v) is 3.71. The minimum absolute atomic E-state index is 0.0440. The smallest absolute Gasteiger partial charge is 0.280 e. The number of thiophene rings is 1. The zero-order valence-corrected chi connectivity index (χ0v) is 16.5. The Morgan fingerprint density at radius 2 is 2.22 bits per heavy atom. The van der Waals surface area contributed by atoms with Crippen molar-refractivity contribution in [3.8, 4) is 6.07 Å². The molecule has 0 saturated heterocycles. The molecule has 3 N–H and O–H groups in total. The molecule has 140 valence electrons. The molecule has 1 atom stereocenters. The summed E-state index contributed by atoms with van der Waals surface area (Å²) in [5.74, 6) is 1.26. The monoisotopic (exact) mass is 383 g/mol. The Morgan fingerprint density at radius 3 is 2.85 bits per heavy atom. The summed E-state index contributed by atoms with van der Waals surface area (Å²) in [6, 6.07) is 10.1. The van der Waals surface area contributed by atoms with Crippen molar-refractivity contribution in [2.45, 2.75) is 33.4 Å². The molecule has 1 amide bonds. The van der Waals surface area contributed by atoms with Gasteiger partial charge in [0.1, 0.15) is 17.9 Å². The van der Waals surface area contributed by atoms with Gasteiger partial charge >= 0.3 is 0 Å². The van der Waals surface area contributed by atoms with E-state index in [0.717, 1.165) is 17.0 Å². The average Bonchev–Trinajstić information content (AvgIpc) is 3.40. The number of hydrogen-bond acceptors (Lipinski definition) is 4. The van der Waals surface area contributed by atoms with Crippen molar-refractivity contribution in [1.82, 2.24) is 4.57 Å². The maximum atomic E-state index is 12.5. The summed E-state index contributed by atoms with van der Waals surface area (Å²) in [6.07, 6.45) is 1.63. The maximum absolute atomic E-state index is 12.5. The molecule has 0 aromatic carbocycles. The van der Waals surface area contributed by atoms with Crippen LogP contribution in [0.1, 0.15) is 40.4 Å². The van der Waals surface area contributed by atoms with Crippen molar-refractivity contribution in [2.75, 3.05) is 11.9 Å². The lowest BCUT2D eigenvalue weighted by molar-refractivity contribution is -0.684. The molecular weight excluding hydrogens is 360 g/mol. The van der Waals surface area contributed by atoms with Crippen molar-refractivity contribution >= 4 is 23.1 Å². The number of amides is 1. The number of hydrogen-bond donors (Lipinski definition) is 2. The van der Waals surface area contributed by atoms with Gasteiger partial charge in [-0.05, 0) is 49.9 Å². The first-order valence-corrected chi connectivity index (χ1v) is 9.68. The third-order valence-electron chi connectivity index (χ3n) is 4.74. The normalized spacial score (nSPS) is 11.9. The average molecular weight is 383 g/mol. The van der Waals surface area contributed by atoms with E-state index >= 15 is 0 Å². The van der Waals surface area contributed by atoms with Crippen molar-refractivity contribution in [3.05, 3.63) is 63.4 Å². The third kappa shape index (κ3) is 4.13. The Morgan fingerprint density at radius 1 is 1.41 bits per heavy atom. The van der Waals surface area contributed by atoms with Crippen molar-refractivity contribution in [1.29, 1.82) is 5.26 Å². The zero-order chi connectivity index (χ0) is 19.4. The number of aromatic nitrogens is 1. The minimum Gasteiger partial charge on any atom is -0.463 e. The van der Waals surface area contributed by atoms with Gasteiger partial charge in [0.05, 0.1) is 18.4 Å². The second-order valence-electron chi connectivity index (χ2n) is 6.50. The predicted molar refractivity (Wildman–Crippen MR) is 105 cm³/mol. The second kappa shape index (κ2) is 8.25. The zero-order valence-electron chi connectivity index (χ0n) is 15.7. The number of furan rings is 1. The van der Waals surface area contributed by atoms with Gasteiger partial charge in [0, 0.05) is 10.6 Å². The summed E-state index contributed by atoms with van der Waals surface area (Å²) in [5, 5.41) is 16.5. The Labute approximate surface area is 162 Å². The first-order valence-electron chi connectivity index (χ1n) is 8.80. The summed E-state index contributed by atoms with van der Waals surface area (Å²) in [5.41, 5.74) is 2.41. The van der Waals surface area contributed by atoms with Crippen LogP contribution in [0.2, 0.25) is 0 Å². The van der Waals surface area contributed by atoms with Gasteiger partial charge in [-0.25, -0.2) is 0 Å². The molecule has 3 aromatic heterocycles. The van der Waals surface area contributed by atoms with Gasteiger partial charge in [0.25, 0.3) is 5.91 Å². The van der Waals surface area contributed by atoms with E-state index in [9.17, 15) is 10.1 Å². The molecule has 3 rings (SSSR count). The molecule has 0 aliphatic heterocycles. The summed E-state index contributed by atoms with van der Waals surface area (Å²) in [4.78, 5) is 13.7. The van der Waals surface area contributed by atoms with Gasteiger partial charge in [-0.3, -0.25) is 4.79 Å². The summed E-state index contributed by atoms with van der Waals surface area (Å²) < 4.78 is 7.38. The van der Waals surface area contributed by atoms with E-state index in [0.29, 0.717) is 17.9 Å². The molecular formula is C20H23N4O2S+. The number of nitriles is 1. The van der Waals surface area contributed by atoms with Crippen LogP contribution in [0.3, 0.4) is 0 Å². The maximum Gasteiger partial charge on any atom is 0.280 e. The van der Waals surface area contributed by atoms with Gasteiger partial charge in [0.2, 0.25) is 0 Å². The molecule has 0 fully saturated rings. The van der Waals surface area contributed by atoms with Crippen molar-refractivity contribution in [2.24, 2.45) is 0 Å². The quantitative estimate of drug-likeness (QED) is 0.657. The van der Waals surface area contributed by atoms with Gasteiger partial charge in [0.15, 0.2) is 12.3 Å². The molecule has 3 heterocycles. The molecule has 0 radical (unpaired) electrons. The summed E-state index contributed by atoms with van der Waals surface area (Å²) >= 11 is 1.66. The van der Waals surface area contributed by atoms with Gasteiger partial charge < -0.3 is 19.6 Å². The minimum atomic E-state index is -0.144. The van der Waals surface area contributed by atoms with E-state index < -0.39 is 0 Å². The fraction of sp³-hybridized carbons (Fsp3) is 0.300. The van der Waals surface area contributed by atoms with E-state index in [2.05, 4.69) is 17.5 Å². The summed E-state index contributed by atoms with van der Waals surface area (Å²) in [6.45, 7) is 6.76. The molecule has 0 saturated carbocycles. The highest BCUT2D eigenvalue weighted by Crippen LogP contribution is 2.28. The molecule has 7 heteroatoms. The number of nitrogens with two attached hydrogens (primary N) is 1. The van der Waals surface area contributed by atoms with Crippen LogP contribution in [0, 0.1) is 25.2 Å². The number of rotatable bonds is 7. The van der Waals surface area contributed by atoms with Crippen LogP contribution in [0.15, 0.2) is 40.3 Å². The number of anilines is 1. The Kier molecular flexibility index (Phi) is 5.79. The van der Waals surface area contributed by atoms with Crippen LogP contribution in [0.5, 0.6) is 0 Å². The molecule has 0 unspecified atom stereocenters. The highest BCUT2D eigenvalue weighted by molar-refractivity contribution is 7.09. The largest absolute Gasteiger partial charge is 0.463 e. The van der Waals surface area contributed by atoms with Gasteiger partial charge in [-0.15, -0.1) is 11.3 Å². The van der Waals surface area contributed by atoms with Crippen molar-refractivity contribution < 1.29 is 14.5 Å². The summed E-state index contributed by atoms with van der Waals surface area (Å²) in [7, 11) is 0. The fourth-order valence-electron chi connectivity index (χ4n) is 3.02. The van der Waals surface area contributed by atoms with Crippen molar-refractivity contribution in [3.63, 3.8) is 0 Å². The highest BCUT2D eigenvalue weighted by Gasteiger charge is 2.21. The van der Waals surface area contributed by atoms with Crippen LogP contribution >= 0.6 is 11.3 Å². The number of carbonyl (C=O) groups excluding carboxylic acids is 1. The number of quaternary nitrogens is 1. The lowest BCUT2D eigenvalue weighted by atomic mass is 10.2. The van der Waals surface area contributed by atoms with Gasteiger partial charge in [-0.1, -0.05) is 6.07 Å².